The van der Waals surface area contributed by atoms with Crippen molar-refractivity contribution in [3.8, 4) is 0 Å². The molecule has 2 aliphatic heterocycles. The van der Waals surface area contributed by atoms with Crippen LogP contribution in [0.25, 0.3) is 0 Å². The van der Waals surface area contributed by atoms with E-state index in [0.29, 0.717) is 18.2 Å². The van der Waals surface area contributed by atoms with Gasteiger partial charge in [0.25, 0.3) is 0 Å². The van der Waals surface area contributed by atoms with Crippen LogP contribution in [0.3, 0.4) is 0 Å². The highest BCUT2D eigenvalue weighted by atomic mass is 32.2. The molecule has 1 atom stereocenters. The summed E-state index contributed by atoms with van der Waals surface area (Å²) in [7, 11) is 0. The number of β-lactam (4-membered cyclic amide) rings is 1. The van der Waals surface area contributed by atoms with Crippen LogP contribution in [0.1, 0.15) is 12.8 Å². The van der Waals surface area contributed by atoms with Crippen molar-refractivity contribution in [1.29, 1.82) is 0 Å². The Morgan fingerprint density at radius 3 is 3.18 bits per heavy atom. The lowest BCUT2D eigenvalue weighted by Crippen LogP contribution is -2.44. The molecule has 4 heteroatoms. The summed E-state index contributed by atoms with van der Waals surface area (Å²) in [5.41, 5.74) is 0. The van der Waals surface area contributed by atoms with E-state index < -0.39 is 0 Å². The van der Waals surface area contributed by atoms with Crippen LogP contribution < -0.4 is 0 Å². The maximum Gasteiger partial charge on any atom is 0.230 e. The van der Waals surface area contributed by atoms with Gasteiger partial charge in [0.05, 0.1) is 11.8 Å². The Morgan fingerprint density at radius 1 is 1.82 bits per heavy atom. The second kappa shape index (κ2) is 2.53. The van der Waals surface area contributed by atoms with E-state index in [-0.39, 0.29) is 12.5 Å². The molecule has 2 aliphatic rings. The van der Waals surface area contributed by atoms with Crippen LogP contribution in [0.15, 0.2) is 11.1 Å². The number of hydrogen-bond donors (Lipinski definition) is 1. The first-order valence-corrected chi connectivity index (χ1v) is 4.48. The Balaban J connectivity index is 2.00. The van der Waals surface area contributed by atoms with Crippen molar-refractivity contribution in [2.75, 3.05) is 6.61 Å². The molecule has 0 unspecified atom stereocenters. The normalized spacial score (nSPS) is 28.1. The third-order valence-electron chi connectivity index (χ3n) is 1.88. The predicted octanol–water partition coefficient (Wildman–Crippen LogP) is 0.515. The number of rotatable bonds is 2. The lowest BCUT2D eigenvalue weighted by molar-refractivity contribution is -0.137. The van der Waals surface area contributed by atoms with Gasteiger partial charge in [-0.25, -0.2) is 0 Å². The highest BCUT2D eigenvalue weighted by Gasteiger charge is 2.39. The van der Waals surface area contributed by atoms with E-state index in [9.17, 15) is 4.79 Å². The van der Waals surface area contributed by atoms with Crippen LogP contribution in [0.2, 0.25) is 0 Å². The quantitative estimate of drug-likeness (QED) is 0.616. The maximum absolute atomic E-state index is 10.9. The van der Waals surface area contributed by atoms with Gasteiger partial charge >= 0.3 is 0 Å². The average molecular weight is 171 g/mol. The zero-order chi connectivity index (χ0) is 7.84. The van der Waals surface area contributed by atoms with Crippen LogP contribution in [-0.2, 0) is 4.79 Å². The van der Waals surface area contributed by atoms with Gasteiger partial charge in [-0.2, -0.15) is 0 Å². The Hall–Kier alpha value is -0.480. The summed E-state index contributed by atoms with van der Waals surface area (Å²) in [5.74, 6) is 0.204. The molecule has 0 radical (unpaired) electrons. The predicted molar refractivity (Wildman–Crippen MR) is 42.6 cm³/mol. The summed E-state index contributed by atoms with van der Waals surface area (Å²) in [4.78, 5) is 13.7. The zero-order valence-corrected chi connectivity index (χ0v) is 6.80. The van der Waals surface area contributed by atoms with Gasteiger partial charge in [0.2, 0.25) is 5.91 Å². The number of nitrogens with zero attached hydrogens (tertiary/aromatic N) is 1. The van der Waals surface area contributed by atoms with Gasteiger partial charge in [-0.05, 0) is 0 Å². The maximum atomic E-state index is 10.9. The van der Waals surface area contributed by atoms with Crippen molar-refractivity contribution in [1.82, 2.24) is 4.90 Å². The van der Waals surface area contributed by atoms with E-state index in [4.69, 9.17) is 5.11 Å². The summed E-state index contributed by atoms with van der Waals surface area (Å²) in [6.07, 6.45) is 3.21. The number of thioether (sulfide) groups is 1. The van der Waals surface area contributed by atoms with Gasteiger partial charge in [0.1, 0.15) is 0 Å². The number of aliphatic hydroxyl groups excluding tert-OH is 1. The summed E-state index contributed by atoms with van der Waals surface area (Å²) in [6, 6.07) is 0. The van der Waals surface area contributed by atoms with E-state index in [1.54, 1.807) is 16.7 Å². The van der Waals surface area contributed by atoms with Crippen LogP contribution in [0, 0.1) is 0 Å². The molecule has 0 saturated carbocycles. The summed E-state index contributed by atoms with van der Waals surface area (Å²) in [6.45, 7) is 0.174. The number of aliphatic hydroxyl groups is 1. The van der Waals surface area contributed by atoms with Crippen LogP contribution in [0.5, 0.6) is 0 Å². The van der Waals surface area contributed by atoms with Crippen molar-refractivity contribution < 1.29 is 9.90 Å². The third-order valence-corrected chi connectivity index (χ3v) is 3.15. The largest absolute Gasteiger partial charge is 0.396 e. The van der Waals surface area contributed by atoms with E-state index in [1.165, 1.54) is 0 Å². The first-order chi connectivity index (χ1) is 5.31. The monoisotopic (exact) mass is 171 g/mol. The van der Waals surface area contributed by atoms with Gasteiger partial charge < -0.3 is 10.0 Å². The smallest absolute Gasteiger partial charge is 0.230 e. The molecular weight excluding hydrogens is 162 g/mol. The third kappa shape index (κ3) is 1.06. The SMILES string of the molecule is O=C1C[C@H]2SC(CCO)=CN12. The molecule has 0 bridgehead atoms. The average Bonchev–Trinajstić information content (AvgIpc) is 2.29. The lowest BCUT2D eigenvalue weighted by atomic mass is 10.2. The number of hydrogen-bond acceptors (Lipinski definition) is 3. The van der Waals surface area contributed by atoms with Crippen molar-refractivity contribution >= 4 is 17.7 Å². The molecule has 0 aromatic rings. The first kappa shape index (κ1) is 7.18. The van der Waals surface area contributed by atoms with Crippen molar-refractivity contribution in [2.45, 2.75) is 18.2 Å². The van der Waals surface area contributed by atoms with E-state index in [1.807, 2.05) is 6.20 Å². The minimum absolute atomic E-state index is 0.174. The molecule has 1 amide bonds. The van der Waals surface area contributed by atoms with E-state index >= 15 is 0 Å². The lowest BCUT2D eigenvalue weighted by Gasteiger charge is -2.31. The first-order valence-electron chi connectivity index (χ1n) is 3.60. The van der Waals surface area contributed by atoms with Crippen molar-refractivity contribution in [3.63, 3.8) is 0 Å². The van der Waals surface area contributed by atoms with Gasteiger partial charge in [-0.1, -0.05) is 0 Å². The van der Waals surface area contributed by atoms with Crippen molar-refractivity contribution in [3.05, 3.63) is 11.1 Å². The van der Waals surface area contributed by atoms with E-state index in [2.05, 4.69) is 0 Å². The van der Waals surface area contributed by atoms with Crippen molar-refractivity contribution in [2.24, 2.45) is 0 Å². The number of carbonyl (C=O) groups is 1. The summed E-state index contributed by atoms with van der Waals surface area (Å²) in [5, 5.41) is 8.98. The number of amides is 1. The molecule has 2 rings (SSSR count). The fraction of sp³-hybridized carbons (Fsp3) is 0.571. The van der Waals surface area contributed by atoms with Gasteiger partial charge in [-0.15, -0.1) is 11.8 Å². The summed E-state index contributed by atoms with van der Waals surface area (Å²) >= 11 is 1.69. The Bertz CT molecular complexity index is 226. The minimum atomic E-state index is 0.174. The molecule has 60 valence electrons. The minimum Gasteiger partial charge on any atom is -0.396 e. The molecule has 0 aliphatic carbocycles. The van der Waals surface area contributed by atoms with Crippen LogP contribution in [0.4, 0.5) is 0 Å². The Labute approximate surface area is 69.1 Å². The second-order valence-corrected chi connectivity index (χ2v) is 3.95. The Kier molecular flexibility index (Phi) is 1.65. The number of carbonyl (C=O) groups excluding carboxylic acids is 1. The topological polar surface area (TPSA) is 40.5 Å². The fourth-order valence-electron chi connectivity index (χ4n) is 1.25. The molecule has 2 heterocycles. The molecule has 0 aromatic carbocycles. The molecule has 3 nitrogen and oxygen atoms in total. The molecule has 0 aromatic heterocycles. The summed E-state index contributed by atoms with van der Waals surface area (Å²) < 4.78 is 0. The molecule has 1 N–H and O–H groups in total. The van der Waals surface area contributed by atoms with E-state index in [0.717, 1.165) is 4.91 Å². The molecule has 1 saturated heterocycles. The van der Waals surface area contributed by atoms with Gasteiger partial charge in [0, 0.05) is 24.1 Å². The highest BCUT2D eigenvalue weighted by Crippen LogP contribution is 2.42. The molecular formula is C7H9NO2S. The zero-order valence-electron chi connectivity index (χ0n) is 5.99. The molecule has 0 spiro atoms. The highest BCUT2D eigenvalue weighted by molar-refractivity contribution is 8.04. The number of fused-ring (bicyclic) bond motifs is 1. The fourth-order valence-corrected chi connectivity index (χ4v) is 2.50. The van der Waals surface area contributed by atoms with Crippen LogP contribution >= 0.6 is 11.8 Å². The second-order valence-electron chi connectivity index (χ2n) is 2.65. The van der Waals surface area contributed by atoms with Gasteiger partial charge in [-0.3, -0.25) is 4.79 Å². The molecule has 11 heavy (non-hydrogen) atoms. The van der Waals surface area contributed by atoms with Crippen LogP contribution in [-0.4, -0.2) is 27.9 Å². The molecule has 1 fully saturated rings. The Morgan fingerprint density at radius 2 is 2.64 bits per heavy atom. The standard InChI is InChI=1S/C7H9NO2S/c9-2-1-5-4-8-6(10)3-7(8)11-5/h4,7,9H,1-3H2/t7-/m1/s1. The van der Waals surface area contributed by atoms with Gasteiger partial charge in [0.15, 0.2) is 0 Å².